The molecular formula is C18H25N5O3. The number of imidazole rings is 1. The number of hydrogen-bond donors (Lipinski definition) is 0. The number of para-hydroxylation sites is 2. The van der Waals surface area contributed by atoms with Crippen molar-refractivity contribution in [1.29, 1.82) is 0 Å². The van der Waals surface area contributed by atoms with E-state index in [0.717, 1.165) is 37.6 Å². The van der Waals surface area contributed by atoms with E-state index in [-0.39, 0.29) is 10.7 Å². The summed E-state index contributed by atoms with van der Waals surface area (Å²) in [5.74, 6) is 1.62. The van der Waals surface area contributed by atoms with Gasteiger partial charge in [0.15, 0.2) is 5.82 Å². The third kappa shape index (κ3) is 3.65. The predicted octanol–water partition coefficient (Wildman–Crippen LogP) is 2.32. The van der Waals surface area contributed by atoms with Crippen LogP contribution in [-0.4, -0.2) is 58.7 Å². The van der Waals surface area contributed by atoms with E-state index in [9.17, 15) is 10.1 Å². The van der Waals surface area contributed by atoms with Crippen molar-refractivity contribution in [3.05, 3.63) is 46.4 Å². The SMILES string of the molecule is COc1ccccc1N1CCN(CCn2c([N+](=O)[O-])cnc2C)CC1C. The van der Waals surface area contributed by atoms with Crippen LogP contribution in [0.25, 0.3) is 0 Å². The fourth-order valence-electron chi connectivity index (χ4n) is 3.58. The lowest BCUT2D eigenvalue weighted by atomic mass is 10.1. The van der Waals surface area contributed by atoms with Gasteiger partial charge in [-0.2, -0.15) is 0 Å². The first-order valence-electron chi connectivity index (χ1n) is 8.79. The van der Waals surface area contributed by atoms with Crippen LogP contribution >= 0.6 is 0 Å². The Hall–Kier alpha value is -2.61. The number of hydrogen-bond acceptors (Lipinski definition) is 6. The third-order valence-corrected chi connectivity index (χ3v) is 4.97. The summed E-state index contributed by atoms with van der Waals surface area (Å²) < 4.78 is 7.17. The Morgan fingerprint density at radius 3 is 2.77 bits per heavy atom. The van der Waals surface area contributed by atoms with Gasteiger partial charge in [0.05, 0.1) is 12.8 Å². The molecule has 1 saturated heterocycles. The largest absolute Gasteiger partial charge is 0.495 e. The quantitative estimate of drug-likeness (QED) is 0.582. The molecule has 1 aromatic heterocycles. The highest BCUT2D eigenvalue weighted by atomic mass is 16.6. The van der Waals surface area contributed by atoms with Gasteiger partial charge in [-0.1, -0.05) is 12.1 Å². The van der Waals surface area contributed by atoms with Gasteiger partial charge < -0.3 is 19.8 Å². The van der Waals surface area contributed by atoms with E-state index in [0.29, 0.717) is 18.4 Å². The second kappa shape index (κ2) is 7.74. The Balaban J connectivity index is 1.63. The molecule has 0 radical (unpaired) electrons. The number of benzene rings is 1. The first-order chi connectivity index (χ1) is 12.5. The molecule has 0 amide bonds. The molecule has 1 aliphatic heterocycles. The van der Waals surface area contributed by atoms with E-state index in [2.05, 4.69) is 27.8 Å². The Labute approximate surface area is 153 Å². The van der Waals surface area contributed by atoms with Gasteiger partial charge in [-0.3, -0.25) is 4.90 Å². The zero-order valence-corrected chi connectivity index (χ0v) is 15.5. The number of methoxy groups -OCH3 is 1. The topological polar surface area (TPSA) is 76.7 Å². The van der Waals surface area contributed by atoms with Crippen molar-refractivity contribution in [2.45, 2.75) is 26.4 Å². The maximum Gasteiger partial charge on any atom is 0.342 e. The number of aryl methyl sites for hydroxylation is 1. The number of ether oxygens (including phenoxy) is 1. The van der Waals surface area contributed by atoms with Gasteiger partial charge in [-0.25, -0.2) is 9.55 Å². The molecule has 2 heterocycles. The summed E-state index contributed by atoms with van der Waals surface area (Å²) in [6.45, 7) is 8.04. The van der Waals surface area contributed by atoms with Crippen molar-refractivity contribution in [3.63, 3.8) is 0 Å². The van der Waals surface area contributed by atoms with Crippen molar-refractivity contribution in [2.24, 2.45) is 0 Å². The van der Waals surface area contributed by atoms with Crippen molar-refractivity contribution in [2.75, 3.05) is 38.2 Å². The van der Waals surface area contributed by atoms with Crippen LogP contribution in [0.4, 0.5) is 11.5 Å². The van der Waals surface area contributed by atoms with E-state index in [1.807, 2.05) is 18.2 Å². The highest BCUT2D eigenvalue weighted by Gasteiger charge is 2.26. The first kappa shape index (κ1) is 18.2. The van der Waals surface area contributed by atoms with Crippen LogP contribution in [0.5, 0.6) is 5.75 Å². The molecule has 0 N–H and O–H groups in total. The maximum absolute atomic E-state index is 11.1. The summed E-state index contributed by atoms with van der Waals surface area (Å²) in [4.78, 5) is 19.5. The van der Waals surface area contributed by atoms with E-state index in [1.54, 1.807) is 18.6 Å². The molecule has 1 fully saturated rings. The predicted molar refractivity (Wildman–Crippen MR) is 99.9 cm³/mol. The summed E-state index contributed by atoms with van der Waals surface area (Å²) in [7, 11) is 1.69. The van der Waals surface area contributed by atoms with Crippen LogP contribution in [-0.2, 0) is 6.54 Å². The molecule has 0 bridgehead atoms. The molecule has 0 aliphatic carbocycles. The van der Waals surface area contributed by atoms with E-state index >= 15 is 0 Å². The molecule has 26 heavy (non-hydrogen) atoms. The molecule has 3 rings (SSSR count). The van der Waals surface area contributed by atoms with Crippen molar-refractivity contribution >= 4 is 11.5 Å². The van der Waals surface area contributed by atoms with E-state index in [4.69, 9.17) is 4.74 Å². The highest BCUT2D eigenvalue weighted by Crippen LogP contribution is 2.30. The number of nitrogens with zero attached hydrogens (tertiary/aromatic N) is 5. The highest BCUT2D eigenvalue weighted by molar-refractivity contribution is 5.59. The van der Waals surface area contributed by atoms with Crippen LogP contribution in [0.2, 0.25) is 0 Å². The molecule has 8 heteroatoms. The second-order valence-electron chi connectivity index (χ2n) is 6.59. The summed E-state index contributed by atoms with van der Waals surface area (Å²) in [6, 6.07) is 8.40. The average Bonchev–Trinajstić information content (AvgIpc) is 3.01. The number of anilines is 1. The average molecular weight is 359 g/mol. The zero-order valence-electron chi connectivity index (χ0n) is 15.5. The van der Waals surface area contributed by atoms with Crippen LogP contribution < -0.4 is 9.64 Å². The van der Waals surface area contributed by atoms with Gasteiger partial charge in [0, 0.05) is 39.1 Å². The summed E-state index contributed by atoms with van der Waals surface area (Å²) >= 11 is 0. The molecule has 2 aromatic rings. The minimum Gasteiger partial charge on any atom is -0.495 e. The van der Waals surface area contributed by atoms with Gasteiger partial charge >= 0.3 is 5.82 Å². The molecular weight excluding hydrogens is 334 g/mol. The maximum atomic E-state index is 11.1. The zero-order chi connectivity index (χ0) is 18.7. The molecule has 0 spiro atoms. The van der Waals surface area contributed by atoms with E-state index in [1.165, 1.54) is 6.20 Å². The molecule has 1 atom stereocenters. The Bertz CT molecular complexity index is 776. The van der Waals surface area contributed by atoms with Gasteiger partial charge in [0.25, 0.3) is 0 Å². The number of rotatable bonds is 6. The van der Waals surface area contributed by atoms with Crippen LogP contribution in [0, 0.1) is 17.0 Å². The smallest absolute Gasteiger partial charge is 0.342 e. The second-order valence-corrected chi connectivity index (χ2v) is 6.59. The monoisotopic (exact) mass is 359 g/mol. The summed E-state index contributed by atoms with van der Waals surface area (Å²) in [5, 5.41) is 11.1. The molecule has 0 saturated carbocycles. The molecule has 140 valence electrons. The van der Waals surface area contributed by atoms with Crippen molar-refractivity contribution in [3.8, 4) is 5.75 Å². The number of piperazine rings is 1. The normalized spacial score (nSPS) is 18.1. The van der Waals surface area contributed by atoms with Gasteiger partial charge in [-0.15, -0.1) is 0 Å². The lowest BCUT2D eigenvalue weighted by Crippen LogP contribution is -2.52. The molecule has 1 aromatic carbocycles. The Kier molecular flexibility index (Phi) is 5.41. The van der Waals surface area contributed by atoms with Crippen LogP contribution in [0.1, 0.15) is 12.7 Å². The number of aromatic nitrogens is 2. The van der Waals surface area contributed by atoms with Crippen molar-refractivity contribution in [1.82, 2.24) is 14.5 Å². The van der Waals surface area contributed by atoms with Crippen LogP contribution in [0.15, 0.2) is 30.5 Å². The van der Waals surface area contributed by atoms with Crippen molar-refractivity contribution < 1.29 is 9.66 Å². The molecule has 1 unspecified atom stereocenters. The Morgan fingerprint density at radius 2 is 2.08 bits per heavy atom. The molecule has 1 aliphatic rings. The van der Waals surface area contributed by atoms with Gasteiger partial charge in [-0.05, 0) is 24.0 Å². The summed E-state index contributed by atoms with van der Waals surface area (Å²) in [6.07, 6.45) is 1.33. The first-order valence-corrected chi connectivity index (χ1v) is 8.79. The van der Waals surface area contributed by atoms with Gasteiger partial charge in [0.1, 0.15) is 18.5 Å². The fraction of sp³-hybridized carbons (Fsp3) is 0.500. The summed E-state index contributed by atoms with van der Waals surface area (Å²) in [5.41, 5.74) is 1.11. The fourth-order valence-corrected chi connectivity index (χ4v) is 3.58. The minimum atomic E-state index is -0.373. The minimum absolute atomic E-state index is 0.0585. The lowest BCUT2D eigenvalue weighted by molar-refractivity contribution is -0.392. The standard InChI is InChI=1S/C18H25N5O3/c1-14-13-20(9-11-22-15(2)19-12-18(22)23(24)25)8-10-21(14)16-6-4-5-7-17(16)26-3/h4-7,12,14H,8-11,13H2,1-3H3. The Morgan fingerprint density at radius 1 is 1.31 bits per heavy atom. The number of nitro groups is 1. The third-order valence-electron chi connectivity index (χ3n) is 4.97. The van der Waals surface area contributed by atoms with Crippen LogP contribution in [0.3, 0.4) is 0 Å². The van der Waals surface area contributed by atoms with Gasteiger partial charge in [0.2, 0.25) is 0 Å². The molecule has 8 nitrogen and oxygen atoms in total. The van der Waals surface area contributed by atoms with E-state index < -0.39 is 0 Å². The lowest BCUT2D eigenvalue weighted by Gasteiger charge is -2.41.